The molecule has 1 aromatic heterocycles. The fourth-order valence-corrected chi connectivity index (χ4v) is 2.25. The lowest BCUT2D eigenvalue weighted by molar-refractivity contribution is 0.471. The predicted molar refractivity (Wildman–Crippen MR) is 72.1 cm³/mol. The molecule has 2 rings (SSSR count). The lowest BCUT2D eigenvalue weighted by atomic mass is 10.1. The van der Waals surface area contributed by atoms with Crippen LogP contribution in [0.3, 0.4) is 0 Å². The number of aromatic nitrogens is 2. The summed E-state index contributed by atoms with van der Waals surface area (Å²) in [6.07, 6.45) is 5.56. The fourth-order valence-electron chi connectivity index (χ4n) is 2.25. The Kier molecular flexibility index (Phi) is 4.15. The van der Waals surface area contributed by atoms with Gasteiger partial charge in [0.15, 0.2) is 0 Å². The minimum atomic E-state index is 0.643. The molecule has 0 amide bonds. The van der Waals surface area contributed by atoms with Gasteiger partial charge in [-0.1, -0.05) is 19.1 Å². The van der Waals surface area contributed by atoms with Gasteiger partial charge in [0, 0.05) is 12.6 Å². The maximum Gasteiger partial charge on any atom is 0.0958 e. The van der Waals surface area contributed by atoms with Gasteiger partial charge in [-0.15, -0.1) is 0 Å². The van der Waals surface area contributed by atoms with E-state index in [1.807, 2.05) is 19.4 Å². The normalized spacial score (nSPS) is 13.1. The van der Waals surface area contributed by atoms with Gasteiger partial charge in [0.25, 0.3) is 0 Å². The summed E-state index contributed by atoms with van der Waals surface area (Å²) < 4.78 is 2.25. The van der Waals surface area contributed by atoms with Gasteiger partial charge < -0.3 is 9.88 Å². The molecule has 1 atom stereocenters. The molecule has 0 aliphatic carbocycles. The molecule has 3 nitrogen and oxygen atoms in total. The van der Waals surface area contributed by atoms with Crippen molar-refractivity contribution in [2.24, 2.45) is 0 Å². The van der Waals surface area contributed by atoms with Gasteiger partial charge in [-0.25, -0.2) is 4.98 Å². The maximum atomic E-state index is 4.40. The first kappa shape index (κ1) is 12.1. The van der Waals surface area contributed by atoms with Gasteiger partial charge in [-0.2, -0.15) is 0 Å². The molecule has 0 spiro atoms. The second kappa shape index (κ2) is 5.82. The Balaban J connectivity index is 1.95. The topological polar surface area (TPSA) is 29.9 Å². The maximum absolute atomic E-state index is 4.40. The van der Waals surface area contributed by atoms with E-state index in [0.29, 0.717) is 6.04 Å². The second-order valence-corrected chi connectivity index (χ2v) is 4.46. The Morgan fingerprint density at radius 3 is 2.94 bits per heavy atom. The van der Waals surface area contributed by atoms with Crippen molar-refractivity contribution < 1.29 is 0 Å². The molecule has 0 fully saturated rings. The van der Waals surface area contributed by atoms with E-state index in [-0.39, 0.29) is 0 Å². The summed E-state index contributed by atoms with van der Waals surface area (Å²) >= 11 is 0. The van der Waals surface area contributed by atoms with Gasteiger partial charge in [0.2, 0.25) is 0 Å². The molecule has 0 aliphatic rings. The lowest BCUT2D eigenvalue weighted by Gasteiger charge is -2.13. The summed E-state index contributed by atoms with van der Waals surface area (Å²) in [6, 6.07) is 8.95. The molecule has 3 heteroatoms. The number of rotatable bonds is 6. The first-order valence-corrected chi connectivity index (χ1v) is 6.42. The predicted octanol–water partition coefficient (Wildman–Crippen LogP) is 2.81. The number of imidazole rings is 1. The van der Waals surface area contributed by atoms with Crippen LogP contribution in [0.2, 0.25) is 0 Å². The molecule has 0 radical (unpaired) electrons. The van der Waals surface area contributed by atoms with E-state index < -0.39 is 0 Å². The number of nitrogens with zero attached hydrogens (tertiary/aromatic N) is 2. The number of benzene rings is 1. The van der Waals surface area contributed by atoms with Crippen molar-refractivity contribution in [3.05, 3.63) is 30.6 Å². The molecule has 0 bridgehead atoms. The summed E-state index contributed by atoms with van der Waals surface area (Å²) in [4.78, 5) is 4.40. The summed E-state index contributed by atoms with van der Waals surface area (Å²) in [5, 5.41) is 3.34. The number of hydrogen-bond donors (Lipinski definition) is 1. The summed E-state index contributed by atoms with van der Waals surface area (Å²) in [5.41, 5.74) is 2.33. The summed E-state index contributed by atoms with van der Waals surface area (Å²) in [6.45, 7) is 3.28. The third kappa shape index (κ3) is 2.86. The standard InChI is InChI=1S/C14H21N3/c1-3-12(15-2)7-6-10-17-11-16-13-8-4-5-9-14(13)17/h4-5,8-9,11-12,15H,3,6-7,10H2,1-2H3. The van der Waals surface area contributed by atoms with Crippen LogP contribution in [0.5, 0.6) is 0 Å². The third-order valence-electron chi connectivity index (χ3n) is 3.38. The van der Waals surface area contributed by atoms with Crippen LogP contribution in [0.15, 0.2) is 30.6 Å². The minimum Gasteiger partial charge on any atom is -0.331 e. The van der Waals surface area contributed by atoms with Crippen LogP contribution < -0.4 is 5.32 Å². The second-order valence-electron chi connectivity index (χ2n) is 4.46. The molecule has 0 saturated heterocycles. The molecule has 1 unspecified atom stereocenters. The van der Waals surface area contributed by atoms with Crippen molar-refractivity contribution in [3.8, 4) is 0 Å². The zero-order valence-corrected chi connectivity index (χ0v) is 10.7. The van der Waals surface area contributed by atoms with E-state index in [0.717, 1.165) is 12.1 Å². The van der Waals surface area contributed by atoms with Gasteiger partial charge in [-0.3, -0.25) is 0 Å². The van der Waals surface area contributed by atoms with Crippen LogP contribution in [-0.4, -0.2) is 22.6 Å². The molecule has 92 valence electrons. The van der Waals surface area contributed by atoms with Crippen molar-refractivity contribution in [3.63, 3.8) is 0 Å². The molecular weight excluding hydrogens is 210 g/mol. The average molecular weight is 231 g/mol. The highest BCUT2D eigenvalue weighted by atomic mass is 15.0. The zero-order chi connectivity index (χ0) is 12.1. The number of nitrogens with one attached hydrogen (secondary N) is 1. The highest BCUT2D eigenvalue weighted by molar-refractivity contribution is 5.74. The van der Waals surface area contributed by atoms with E-state index in [4.69, 9.17) is 0 Å². The van der Waals surface area contributed by atoms with E-state index in [9.17, 15) is 0 Å². The molecular formula is C14H21N3. The molecule has 0 aliphatic heterocycles. The minimum absolute atomic E-state index is 0.643. The molecule has 2 aromatic rings. The van der Waals surface area contributed by atoms with Crippen LogP contribution in [-0.2, 0) is 6.54 Å². The average Bonchev–Trinajstić information content (AvgIpc) is 2.78. The van der Waals surface area contributed by atoms with E-state index >= 15 is 0 Å². The third-order valence-corrected chi connectivity index (χ3v) is 3.38. The van der Waals surface area contributed by atoms with Gasteiger partial charge >= 0.3 is 0 Å². The Labute approximate surface area is 103 Å². The van der Waals surface area contributed by atoms with E-state index in [1.54, 1.807) is 0 Å². The highest BCUT2D eigenvalue weighted by Gasteiger charge is 2.04. The molecule has 1 aromatic carbocycles. The summed E-state index contributed by atoms with van der Waals surface area (Å²) in [7, 11) is 2.04. The fraction of sp³-hybridized carbons (Fsp3) is 0.500. The van der Waals surface area contributed by atoms with Gasteiger partial charge in [-0.05, 0) is 38.4 Å². The first-order valence-electron chi connectivity index (χ1n) is 6.42. The Morgan fingerprint density at radius 2 is 2.18 bits per heavy atom. The van der Waals surface area contributed by atoms with Crippen LogP contribution >= 0.6 is 0 Å². The number of fused-ring (bicyclic) bond motifs is 1. The van der Waals surface area contributed by atoms with E-state index in [2.05, 4.69) is 40.0 Å². The van der Waals surface area contributed by atoms with Crippen LogP contribution in [0.4, 0.5) is 0 Å². The van der Waals surface area contributed by atoms with Crippen molar-refractivity contribution in [1.82, 2.24) is 14.9 Å². The van der Waals surface area contributed by atoms with Gasteiger partial charge in [0.1, 0.15) is 0 Å². The van der Waals surface area contributed by atoms with Crippen molar-refractivity contribution >= 4 is 11.0 Å². The Hall–Kier alpha value is -1.35. The molecule has 0 saturated carbocycles. The lowest BCUT2D eigenvalue weighted by Crippen LogP contribution is -2.24. The van der Waals surface area contributed by atoms with Crippen molar-refractivity contribution in [2.45, 2.75) is 38.8 Å². The van der Waals surface area contributed by atoms with Crippen molar-refractivity contribution in [1.29, 1.82) is 0 Å². The Bertz CT molecular complexity index is 457. The number of aryl methyl sites for hydroxylation is 1. The smallest absolute Gasteiger partial charge is 0.0958 e. The van der Waals surface area contributed by atoms with Crippen LogP contribution in [0.1, 0.15) is 26.2 Å². The SMILES string of the molecule is CCC(CCCn1cnc2ccccc21)NC. The van der Waals surface area contributed by atoms with E-state index in [1.165, 1.54) is 24.8 Å². The number of hydrogen-bond acceptors (Lipinski definition) is 2. The molecule has 1 heterocycles. The van der Waals surface area contributed by atoms with Crippen LogP contribution in [0.25, 0.3) is 11.0 Å². The molecule has 17 heavy (non-hydrogen) atoms. The Morgan fingerprint density at radius 1 is 1.35 bits per heavy atom. The van der Waals surface area contributed by atoms with Crippen LogP contribution in [0, 0.1) is 0 Å². The van der Waals surface area contributed by atoms with Gasteiger partial charge in [0.05, 0.1) is 17.4 Å². The highest BCUT2D eigenvalue weighted by Crippen LogP contribution is 2.13. The molecule has 1 N–H and O–H groups in total. The quantitative estimate of drug-likeness (QED) is 0.828. The zero-order valence-electron chi connectivity index (χ0n) is 10.7. The van der Waals surface area contributed by atoms with Crippen molar-refractivity contribution in [2.75, 3.05) is 7.05 Å². The largest absolute Gasteiger partial charge is 0.331 e. The summed E-state index contributed by atoms with van der Waals surface area (Å²) in [5.74, 6) is 0. The monoisotopic (exact) mass is 231 g/mol. The first-order chi connectivity index (χ1) is 8.35. The number of para-hydroxylation sites is 2.